The van der Waals surface area contributed by atoms with Gasteiger partial charge < -0.3 is 14.7 Å². The van der Waals surface area contributed by atoms with Gasteiger partial charge in [-0.3, -0.25) is 4.79 Å². The maximum absolute atomic E-state index is 14.1. The number of benzene rings is 2. The van der Waals surface area contributed by atoms with Gasteiger partial charge in [-0.15, -0.1) is 0 Å². The van der Waals surface area contributed by atoms with Gasteiger partial charge in [-0.2, -0.15) is 0 Å². The number of nitrogens with zero attached hydrogens (tertiary/aromatic N) is 5. The van der Waals surface area contributed by atoms with E-state index >= 15 is 0 Å². The molecule has 0 unspecified atom stereocenters. The Bertz CT molecular complexity index is 1240. The summed E-state index contributed by atoms with van der Waals surface area (Å²) in [5.74, 6) is 2.04. The van der Waals surface area contributed by atoms with Crippen LogP contribution in [0.4, 0.5) is 15.9 Å². The molecule has 5 rings (SSSR count). The Morgan fingerprint density at radius 1 is 0.973 bits per heavy atom. The van der Waals surface area contributed by atoms with Crippen molar-refractivity contribution < 1.29 is 9.18 Å². The summed E-state index contributed by atoms with van der Waals surface area (Å²) < 4.78 is 14.1. The number of thioether (sulfide) groups is 1. The Balaban J connectivity index is 1.19. The molecule has 2 aliphatic heterocycles. The topological polar surface area (TPSA) is 52.6 Å². The molecule has 3 aromatic rings. The third-order valence-electron chi connectivity index (χ3n) is 7.07. The fourth-order valence-electron chi connectivity index (χ4n) is 4.83. The summed E-state index contributed by atoms with van der Waals surface area (Å²) in [4.78, 5) is 28.5. The zero-order chi connectivity index (χ0) is 25.8. The molecule has 3 heterocycles. The number of anilines is 2. The van der Waals surface area contributed by atoms with Crippen LogP contribution < -0.4 is 9.80 Å². The molecule has 0 aliphatic carbocycles. The van der Waals surface area contributed by atoms with Crippen LogP contribution in [0.2, 0.25) is 5.15 Å². The van der Waals surface area contributed by atoms with Crippen LogP contribution in [0, 0.1) is 11.7 Å². The summed E-state index contributed by atoms with van der Waals surface area (Å²) in [5, 5.41) is 1.09. The van der Waals surface area contributed by atoms with E-state index in [4.69, 9.17) is 16.6 Å². The van der Waals surface area contributed by atoms with E-state index in [1.165, 1.54) is 17.8 Å². The SMILES string of the molecule is CC1CCN(c2cc(Cl)nc(SCc3cccc(C(=O)N4CCN(c5ccccc5F)CC4)c3)n2)CC1. The normalized spacial score (nSPS) is 16.8. The maximum Gasteiger partial charge on any atom is 0.253 e. The number of carbonyl (C=O) groups is 1. The number of hydrogen-bond donors (Lipinski definition) is 0. The lowest BCUT2D eigenvalue weighted by molar-refractivity contribution is 0.0746. The number of halogens is 2. The molecule has 0 radical (unpaired) electrons. The number of rotatable bonds is 6. The van der Waals surface area contributed by atoms with Crippen LogP contribution >= 0.6 is 23.4 Å². The van der Waals surface area contributed by atoms with Crippen molar-refractivity contribution in [3.8, 4) is 0 Å². The fourth-order valence-corrected chi connectivity index (χ4v) is 5.86. The van der Waals surface area contributed by atoms with E-state index in [1.807, 2.05) is 46.2 Å². The summed E-state index contributed by atoms with van der Waals surface area (Å²) >= 11 is 7.85. The van der Waals surface area contributed by atoms with Gasteiger partial charge in [-0.1, -0.05) is 54.6 Å². The molecule has 194 valence electrons. The fraction of sp³-hybridized carbons (Fsp3) is 0.393. The molecule has 2 aliphatic rings. The smallest absolute Gasteiger partial charge is 0.253 e. The Kier molecular flexibility index (Phi) is 8.15. The number of piperazine rings is 1. The number of aromatic nitrogens is 2. The average molecular weight is 540 g/mol. The summed E-state index contributed by atoms with van der Waals surface area (Å²) in [5.41, 5.74) is 2.28. The molecular formula is C28H31ClFN5OS. The Morgan fingerprint density at radius 3 is 2.49 bits per heavy atom. The Morgan fingerprint density at radius 2 is 1.73 bits per heavy atom. The lowest BCUT2D eigenvalue weighted by atomic mass is 9.99. The van der Waals surface area contributed by atoms with Crippen molar-refractivity contribution >= 4 is 40.8 Å². The first-order chi connectivity index (χ1) is 18.0. The Labute approximate surface area is 226 Å². The van der Waals surface area contributed by atoms with Crippen molar-refractivity contribution in [3.05, 3.63) is 76.7 Å². The lowest BCUT2D eigenvalue weighted by Gasteiger charge is -2.36. The third kappa shape index (κ3) is 6.36. The summed E-state index contributed by atoms with van der Waals surface area (Å²) in [6.45, 7) is 6.57. The Hall–Kier alpha value is -2.84. The van der Waals surface area contributed by atoms with Crippen LogP contribution in [-0.4, -0.2) is 60.0 Å². The summed E-state index contributed by atoms with van der Waals surface area (Å²) in [6, 6.07) is 16.3. The van der Waals surface area contributed by atoms with Crippen molar-refractivity contribution in [2.24, 2.45) is 5.92 Å². The van der Waals surface area contributed by atoms with E-state index in [-0.39, 0.29) is 11.7 Å². The minimum atomic E-state index is -0.228. The van der Waals surface area contributed by atoms with Crippen molar-refractivity contribution in [1.82, 2.24) is 14.9 Å². The zero-order valence-electron chi connectivity index (χ0n) is 20.9. The predicted octanol–water partition coefficient (Wildman–Crippen LogP) is 5.76. The van der Waals surface area contributed by atoms with E-state index in [0.29, 0.717) is 53.5 Å². The van der Waals surface area contributed by atoms with Gasteiger partial charge in [0.05, 0.1) is 5.69 Å². The first-order valence-corrected chi connectivity index (χ1v) is 14.1. The predicted molar refractivity (Wildman–Crippen MR) is 148 cm³/mol. The minimum absolute atomic E-state index is 0.000604. The second-order valence-corrected chi connectivity index (χ2v) is 11.1. The number of hydrogen-bond acceptors (Lipinski definition) is 6. The highest BCUT2D eigenvalue weighted by Crippen LogP contribution is 2.28. The maximum atomic E-state index is 14.1. The largest absolute Gasteiger partial charge is 0.366 e. The van der Waals surface area contributed by atoms with Gasteiger partial charge in [0.2, 0.25) is 0 Å². The molecule has 2 fully saturated rings. The average Bonchev–Trinajstić information content (AvgIpc) is 2.92. The summed E-state index contributed by atoms with van der Waals surface area (Å²) in [6.07, 6.45) is 2.31. The van der Waals surface area contributed by atoms with Gasteiger partial charge in [0.25, 0.3) is 5.91 Å². The van der Waals surface area contributed by atoms with Crippen molar-refractivity contribution in [1.29, 1.82) is 0 Å². The van der Waals surface area contributed by atoms with Crippen LogP contribution in [0.3, 0.4) is 0 Å². The second-order valence-electron chi connectivity index (χ2n) is 9.72. The van der Waals surface area contributed by atoms with Crippen LogP contribution in [0.5, 0.6) is 0 Å². The molecular weight excluding hydrogens is 509 g/mol. The van der Waals surface area contributed by atoms with Gasteiger partial charge in [-0.05, 0) is 48.6 Å². The molecule has 0 N–H and O–H groups in total. The van der Waals surface area contributed by atoms with E-state index in [0.717, 1.165) is 43.2 Å². The first kappa shape index (κ1) is 25.8. The molecule has 0 atom stereocenters. The minimum Gasteiger partial charge on any atom is -0.366 e. The number of para-hydroxylation sites is 1. The second kappa shape index (κ2) is 11.7. The van der Waals surface area contributed by atoms with E-state index in [9.17, 15) is 9.18 Å². The van der Waals surface area contributed by atoms with Crippen molar-refractivity contribution in [3.63, 3.8) is 0 Å². The number of amides is 1. The molecule has 0 bridgehead atoms. The standard InChI is InChI=1S/C28H31ClFN5OS/c1-20-9-11-34(12-10-20)26-18-25(29)31-28(32-26)37-19-21-5-4-6-22(17-21)27(36)35-15-13-33(14-16-35)24-8-3-2-7-23(24)30/h2-8,17-18,20H,9-16,19H2,1H3. The molecule has 1 amide bonds. The van der Waals surface area contributed by atoms with Gasteiger partial charge >= 0.3 is 0 Å². The van der Waals surface area contributed by atoms with E-state index in [2.05, 4.69) is 16.8 Å². The molecule has 2 saturated heterocycles. The molecule has 6 nitrogen and oxygen atoms in total. The monoisotopic (exact) mass is 539 g/mol. The molecule has 0 saturated carbocycles. The molecule has 37 heavy (non-hydrogen) atoms. The third-order valence-corrected chi connectivity index (χ3v) is 8.18. The van der Waals surface area contributed by atoms with Crippen LogP contribution in [0.15, 0.2) is 59.8 Å². The zero-order valence-corrected chi connectivity index (χ0v) is 22.5. The molecule has 0 spiro atoms. The molecule has 1 aromatic heterocycles. The van der Waals surface area contributed by atoms with Crippen LogP contribution in [0.25, 0.3) is 0 Å². The van der Waals surface area contributed by atoms with Gasteiger partial charge in [-0.25, -0.2) is 14.4 Å². The highest BCUT2D eigenvalue weighted by molar-refractivity contribution is 7.98. The summed E-state index contributed by atoms with van der Waals surface area (Å²) in [7, 11) is 0. The number of piperidine rings is 1. The first-order valence-electron chi connectivity index (χ1n) is 12.8. The van der Waals surface area contributed by atoms with Gasteiger partial charge in [0.15, 0.2) is 5.16 Å². The van der Waals surface area contributed by atoms with Gasteiger partial charge in [0.1, 0.15) is 16.8 Å². The number of carbonyl (C=O) groups excluding carboxylic acids is 1. The lowest BCUT2D eigenvalue weighted by Crippen LogP contribution is -2.49. The van der Waals surface area contributed by atoms with Crippen LogP contribution in [-0.2, 0) is 5.75 Å². The molecule has 2 aromatic carbocycles. The van der Waals surface area contributed by atoms with Crippen molar-refractivity contribution in [2.45, 2.75) is 30.7 Å². The molecule has 9 heteroatoms. The highest BCUT2D eigenvalue weighted by Gasteiger charge is 2.24. The van der Waals surface area contributed by atoms with E-state index < -0.39 is 0 Å². The highest BCUT2D eigenvalue weighted by atomic mass is 35.5. The van der Waals surface area contributed by atoms with Crippen LogP contribution in [0.1, 0.15) is 35.7 Å². The van der Waals surface area contributed by atoms with Crippen molar-refractivity contribution in [2.75, 3.05) is 49.1 Å². The van der Waals surface area contributed by atoms with E-state index in [1.54, 1.807) is 12.1 Å². The van der Waals surface area contributed by atoms with Gasteiger partial charge in [0, 0.05) is 56.7 Å². The quantitative estimate of drug-likeness (QED) is 0.225.